The molecule has 0 aliphatic rings. The van der Waals surface area contributed by atoms with Gasteiger partial charge < -0.3 is 10.2 Å². The SMILES string of the molecule is CCCC(O)(CCC)C(O)c1ccccc1. The molecule has 0 spiro atoms. The number of rotatable bonds is 6. The van der Waals surface area contributed by atoms with E-state index in [0.717, 1.165) is 18.4 Å². The smallest absolute Gasteiger partial charge is 0.108 e. The summed E-state index contributed by atoms with van der Waals surface area (Å²) in [6.45, 7) is 4.05. The summed E-state index contributed by atoms with van der Waals surface area (Å²) in [6, 6.07) is 9.41. The molecule has 0 aliphatic carbocycles. The molecule has 16 heavy (non-hydrogen) atoms. The zero-order valence-electron chi connectivity index (χ0n) is 10.2. The fraction of sp³-hybridized carbons (Fsp3) is 0.571. The lowest BCUT2D eigenvalue weighted by Gasteiger charge is -2.33. The summed E-state index contributed by atoms with van der Waals surface area (Å²) in [6.07, 6.45) is 2.24. The summed E-state index contributed by atoms with van der Waals surface area (Å²) >= 11 is 0. The van der Waals surface area contributed by atoms with Gasteiger partial charge in [-0.25, -0.2) is 0 Å². The Kier molecular flexibility index (Phi) is 4.97. The predicted octanol–water partition coefficient (Wildman–Crippen LogP) is 3.05. The van der Waals surface area contributed by atoms with E-state index in [1.54, 1.807) is 0 Å². The highest BCUT2D eigenvalue weighted by atomic mass is 16.3. The Balaban J connectivity index is 2.86. The lowest BCUT2D eigenvalue weighted by molar-refractivity contribution is -0.0889. The molecule has 90 valence electrons. The number of aliphatic hydroxyl groups excluding tert-OH is 1. The number of benzene rings is 1. The quantitative estimate of drug-likeness (QED) is 0.776. The maximum atomic E-state index is 10.5. The van der Waals surface area contributed by atoms with E-state index in [4.69, 9.17) is 0 Å². The van der Waals surface area contributed by atoms with E-state index in [0.29, 0.717) is 12.8 Å². The normalized spacial score (nSPS) is 13.8. The van der Waals surface area contributed by atoms with E-state index in [1.165, 1.54) is 0 Å². The second kappa shape index (κ2) is 6.02. The summed E-state index contributed by atoms with van der Waals surface area (Å²) in [7, 11) is 0. The first kappa shape index (κ1) is 13.2. The van der Waals surface area contributed by atoms with Crippen molar-refractivity contribution in [3.8, 4) is 0 Å². The molecule has 1 rings (SSSR count). The molecule has 1 aromatic rings. The Bertz CT molecular complexity index is 289. The zero-order chi connectivity index (χ0) is 12.0. The first-order valence-corrected chi connectivity index (χ1v) is 6.09. The van der Waals surface area contributed by atoms with Gasteiger partial charge in [-0.05, 0) is 18.4 Å². The minimum Gasteiger partial charge on any atom is -0.387 e. The standard InChI is InChI=1S/C14H22O2/c1-3-10-14(16,11-4-2)13(15)12-8-6-5-7-9-12/h5-9,13,15-16H,3-4,10-11H2,1-2H3. The fourth-order valence-corrected chi connectivity index (χ4v) is 2.21. The van der Waals surface area contributed by atoms with Crippen molar-refractivity contribution < 1.29 is 10.2 Å². The minimum absolute atomic E-state index is 0.636. The Labute approximate surface area is 97.9 Å². The average molecular weight is 222 g/mol. The second-order valence-electron chi connectivity index (χ2n) is 4.42. The molecule has 1 aromatic carbocycles. The molecule has 0 amide bonds. The van der Waals surface area contributed by atoms with Gasteiger partial charge in [0, 0.05) is 0 Å². The molecular weight excluding hydrogens is 200 g/mol. The van der Waals surface area contributed by atoms with E-state index in [-0.39, 0.29) is 0 Å². The third-order valence-corrected chi connectivity index (χ3v) is 2.99. The van der Waals surface area contributed by atoms with Crippen molar-refractivity contribution in [3.63, 3.8) is 0 Å². The molecule has 0 saturated heterocycles. The molecule has 0 aromatic heterocycles. The molecule has 0 radical (unpaired) electrons. The van der Waals surface area contributed by atoms with Crippen LogP contribution in [0.1, 0.15) is 51.2 Å². The molecule has 0 aliphatic heterocycles. The second-order valence-corrected chi connectivity index (χ2v) is 4.42. The molecule has 0 saturated carbocycles. The third-order valence-electron chi connectivity index (χ3n) is 2.99. The van der Waals surface area contributed by atoms with Crippen molar-refractivity contribution in [1.29, 1.82) is 0 Å². The lowest BCUT2D eigenvalue weighted by Crippen LogP contribution is -2.36. The molecule has 0 bridgehead atoms. The van der Waals surface area contributed by atoms with Crippen LogP contribution >= 0.6 is 0 Å². The van der Waals surface area contributed by atoms with Gasteiger partial charge in [-0.3, -0.25) is 0 Å². The molecule has 0 heterocycles. The third kappa shape index (κ3) is 3.06. The first-order valence-electron chi connectivity index (χ1n) is 6.09. The summed E-state index contributed by atoms with van der Waals surface area (Å²) in [5.41, 5.74) is -0.183. The van der Waals surface area contributed by atoms with E-state index in [2.05, 4.69) is 0 Å². The number of hydrogen-bond donors (Lipinski definition) is 2. The van der Waals surface area contributed by atoms with Crippen LogP contribution in [0.25, 0.3) is 0 Å². The number of aliphatic hydroxyl groups is 2. The zero-order valence-corrected chi connectivity index (χ0v) is 10.2. The van der Waals surface area contributed by atoms with Crippen LogP contribution in [-0.4, -0.2) is 15.8 Å². The Hall–Kier alpha value is -0.860. The van der Waals surface area contributed by atoms with E-state index in [1.807, 2.05) is 44.2 Å². The van der Waals surface area contributed by atoms with E-state index in [9.17, 15) is 10.2 Å². The van der Waals surface area contributed by atoms with Crippen molar-refractivity contribution >= 4 is 0 Å². The molecule has 2 heteroatoms. The lowest BCUT2D eigenvalue weighted by atomic mass is 9.83. The van der Waals surface area contributed by atoms with E-state index >= 15 is 0 Å². The van der Waals surface area contributed by atoms with Gasteiger partial charge in [0.1, 0.15) is 6.10 Å². The fourth-order valence-electron chi connectivity index (χ4n) is 2.21. The Morgan fingerprint density at radius 1 is 1.06 bits per heavy atom. The van der Waals surface area contributed by atoms with Crippen LogP contribution in [0.4, 0.5) is 0 Å². The Morgan fingerprint density at radius 3 is 2.00 bits per heavy atom. The minimum atomic E-state index is -0.981. The van der Waals surface area contributed by atoms with Gasteiger partial charge in [0.15, 0.2) is 0 Å². The number of hydrogen-bond acceptors (Lipinski definition) is 2. The van der Waals surface area contributed by atoms with Crippen molar-refractivity contribution in [2.45, 2.75) is 51.2 Å². The van der Waals surface area contributed by atoms with Gasteiger partial charge in [-0.1, -0.05) is 57.0 Å². The van der Waals surface area contributed by atoms with Crippen molar-refractivity contribution in [2.24, 2.45) is 0 Å². The molecule has 2 nitrogen and oxygen atoms in total. The highest BCUT2D eigenvalue weighted by Gasteiger charge is 2.34. The molecule has 0 fully saturated rings. The van der Waals surface area contributed by atoms with Crippen LogP contribution in [0.2, 0.25) is 0 Å². The maximum absolute atomic E-state index is 10.5. The van der Waals surface area contributed by atoms with Crippen LogP contribution in [0.15, 0.2) is 30.3 Å². The van der Waals surface area contributed by atoms with Crippen molar-refractivity contribution in [3.05, 3.63) is 35.9 Å². The predicted molar refractivity (Wildman–Crippen MR) is 66.2 cm³/mol. The van der Waals surface area contributed by atoms with Gasteiger partial charge in [-0.2, -0.15) is 0 Å². The van der Waals surface area contributed by atoms with Gasteiger partial charge in [0.25, 0.3) is 0 Å². The largest absolute Gasteiger partial charge is 0.387 e. The highest BCUT2D eigenvalue weighted by Crippen LogP contribution is 2.33. The topological polar surface area (TPSA) is 40.5 Å². The molecule has 1 atom stereocenters. The van der Waals surface area contributed by atoms with Crippen molar-refractivity contribution in [1.82, 2.24) is 0 Å². The average Bonchev–Trinajstić information content (AvgIpc) is 2.30. The molecular formula is C14H22O2. The van der Waals surface area contributed by atoms with Crippen LogP contribution in [0, 0.1) is 0 Å². The summed E-state index contributed by atoms with van der Waals surface area (Å²) in [4.78, 5) is 0. The van der Waals surface area contributed by atoms with Gasteiger partial charge in [-0.15, -0.1) is 0 Å². The summed E-state index contributed by atoms with van der Waals surface area (Å²) in [5, 5.41) is 20.7. The molecule has 1 unspecified atom stereocenters. The molecule has 2 N–H and O–H groups in total. The maximum Gasteiger partial charge on any atom is 0.108 e. The van der Waals surface area contributed by atoms with Crippen LogP contribution in [-0.2, 0) is 0 Å². The van der Waals surface area contributed by atoms with E-state index < -0.39 is 11.7 Å². The first-order chi connectivity index (χ1) is 7.64. The van der Waals surface area contributed by atoms with Crippen molar-refractivity contribution in [2.75, 3.05) is 0 Å². The summed E-state index contributed by atoms with van der Waals surface area (Å²) < 4.78 is 0. The van der Waals surface area contributed by atoms with Gasteiger partial charge in [0.05, 0.1) is 5.60 Å². The van der Waals surface area contributed by atoms with Crippen LogP contribution in [0.5, 0.6) is 0 Å². The highest BCUT2D eigenvalue weighted by molar-refractivity contribution is 5.20. The summed E-state index contributed by atoms with van der Waals surface area (Å²) in [5.74, 6) is 0. The van der Waals surface area contributed by atoms with Crippen LogP contribution < -0.4 is 0 Å². The monoisotopic (exact) mass is 222 g/mol. The van der Waals surface area contributed by atoms with Crippen LogP contribution in [0.3, 0.4) is 0 Å². The van der Waals surface area contributed by atoms with Gasteiger partial charge in [0.2, 0.25) is 0 Å². The van der Waals surface area contributed by atoms with Gasteiger partial charge >= 0.3 is 0 Å². The Morgan fingerprint density at radius 2 is 1.56 bits per heavy atom.